The van der Waals surface area contributed by atoms with Crippen LogP contribution in [-0.4, -0.2) is 24.0 Å². The zero-order chi connectivity index (χ0) is 16.0. The molecule has 4 rings (SSSR count). The van der Waals surface area contributed by atoms with Gasteiger partial charge < -0.3 is 15.6 Å². The van der Waals surface area contributed by atoms with E-state index in [1.54, 1.807) is 0 Å². The van der Waals surface area contributed by atoms with Gasteiger partial charge in [-0.3, -0.25) is 4.79 Å². The van der Waals surface area contributed by atoms with Crippen LogP contribution in [0.25, 0.3) is 10.9 Å². The third-order valence-corrected chi connectivity index (χ3v) is 5.94. The van der Waals surface area contributed by atoms with Gasteiger partial charge in [-0.1, -0.05) is 6.07 Å². The fourth-order valence-electron chi connectivity index (χ4n) is 4.13. The van der Waals surface area contributed by atoms with Gasteiger partial charge in [-0.2, -0.15) is 0 Å². The first kappa shape index (κ1) is 17.3. The van der Waals surface area contributed by atoms with E-state index in [-0.39, 0.29) is 24.2 Å². The molecule has 1 aliphatic carbocycles. The van der Waals surface area contributed by atoms with Crippen LogP contribution in [0.2, 0.25) is 0 Å². The first-order valence-electron chi connectivity index (χ1n) is 8.65. The van der Waals surface area contributed by atoms with Gasteiger partial charge in [0.05, 0.1) is 0 Å². The molecule has 1 saturated carbocycles. The number of rotatable bonds is 3. The quantitative estimate of drug-likeness (QED) is 0.798. The number of carbonyl (C=O) groups excluding carboxylic acids is 1. The highest BCUT2D eigenvalue weighted by Crippen LogP contribution is 2.58. The van der Waals surface area contributed by atoms with Crippen molar-refractivity contribution in [3.8, 4) is 0 Å². The Hall–Kier alpha value is -1.52. The van der Waals surface area contributed by atoms with E-state index in [9.17, 15) is 4.79 Å². The monoisotopic (exact) mass is 347 g/mol. The van der Waals surface area contributed by atoms with Crippen LogP contribution in [0, 0.1) is 25.2 Å². The maximum Gasteiger partial charge on any atom is 0.223 e. The molecule has 1 spiro atoms. The molecule has 2 aliphatic rings. The Bertz CT molecular complexity index is 761. The Morgan fingerprint density at radius 2 is 2.04 bits per heavy atom. The van der Waals surface area contributed by atoms with Crippen molar-refractivity contribution in [2.75, 3.05) is 13.1 Å². The molecule has 1 unspecified atom stereocenters. The molecule has 2 fully saturated rings. The van der Waals surface area contributed by atoms with E-state index < -0.39 is 0 Å². The van der Waals surface area contributed by atoms with Gasteiger partial charge in [-0.25, -0.2) is 0 Å². The highest BCUT2D eigenvalue weighted by atomic mass is 35.5. The number of halogens is 1. The van der Waals surface area contributed by atoms with Crippen LogP contribution in [0.15, 0.2) is 18.2 Å². The zero-order valence-electron chi connectivity index (χ0n) is 14.4. The highest BCUT2D eigenvalue weighted by molar-refractivity contribution is 5.86. The average Bonchev–Trinajstić information content (AvgIpc) is 3.18. The Kier molecular flexibility index (Phi) is 4.63. The summed E-state index contributed by atoms with van der Waals surface area (Å²) < 4.78 is 0. The van der Waals surface area contributed by atoms with Crippen LogP contribution in [0.5, 0.6) is 0 Å². The van der Waals surface area contributed by atoms with E-state index in [2.05, 4.69) is 47.7 Å². The standard InChI is InChI=1S/C19H25N3O.ClH/c1-12-13(2)22-17-4-3-14(9-15(12)17)11-21-18(23)16-10-19(16)5-7-20-8-6-19;/h3-4,9,16,20,22H,5-8,10-11H2,1-2H3,(H,21,23);1H. The molecule has 1 aromatic heterocycles. The summed E-state index contributed by atoms with van der Waals surface area (Å²) in [4.78, 5) is 15.8. The summed E-state index contributed by atoms with van der Waals surface area (Å²) in [6.07, 6.45) is 3.38. The van der Waals surface area contributed by atoms with E-state index >= 15 is 0 Å². The van der Waals surface area contributed by atoms with Gasteiger partial charge in [0.15, 0.2) is 0 Å². The number of amides is 1. The fraction of sp³-hybridized carbons (Fsp3) is 0.526. The molecule has 0 bridgehead atoms. The number of piperidine rings is 1. The molecule has 1 aliphatic heterocycles. The molecule has 1 aromatic carbocycles. The molecular formula is C19H26ClN3O. The van der Waals surface area contributed by atoms with Gasteiger partial charge in [-0.05, 0) is 74.9 Å². The predicted octanol–water partition coefficient (Wildman–Crippen LogP) is 3.21. The van der Waals surface area contributed by atoms with E-state index in [1.807, 2.05) is 0 Å². The number of nitrogens with one attached hydrogen (secondary N) is 3. The smallest absolute Gasteiger partial charge is 0.223 e. The molecule has 5 heteroatoms. The number of hydrogen-bond donors (Lipinski definition) is 3. The van der Waals surface area contributed by atoms with Gasteiger partial charge in [-0.15, -0.1) is 12.4 Å². The normalized spacial score (nSPS) is 21.5. The number of aryl methyl sites for hydroxylation is 2. The van der Waals surface area contributed by atoms with Crippen molar-refractivity contribution in [1.29, 1.82) is 0 Å². The van der Waals surface area contributed by atoms with E-state index in [1.165, 1.54) is 27.7 Å². The molecule has 3 N–H and O–H groups in total. The molecule has 1 atom stereocenters. The maximum atomic E-state index is 12.4. The molecule has 2 heterocycles. The largest absolute Gasteiger partial charge is 0.358 e. The molecule has 1 saturated heterocycles. The Morgan fingerprint density at radius 1 is 1.29 bits per heavy atom. The second kappa shape index (κ2) is 6.41. The lowest BCUT2D eigenvalue weighted by atomic mass is 9.92. The predicted molar refractivity (Wildman–Crippen MR) is 99.5 cm³/mol. The SMILES string of the molecule is Cc1[nH]c2ccc(CNC(=O)C3CC34CCNCC4)cc2c1C.Cl. The van der Waals surface area contributed by atoms with E-state index in [4.69, 9.17) is 0 Å². The van der Waals surface area contributed by atoms with Crippen molar-refractivity contribution >= 4 is 29.2 Å². The third kappa shape index (κ3) is 2.93. The third-order valence-electron chi connectivity index (χ3n) is 5.94. The molecular weight excluding hydrogens is 322 g/mol. The molecule has 130 valence electrons. The van der Waals surface area contributed by atoms with Crippen molar-refractivity contribution in [3.63, 3.8) is 0 Å². The van der Waals surface area contributed by atoms with Gasteiger partial charge in [0, 0.05) is 29.1 Å². The fourth-order valence-corrected chi connectivity index (χ4v) is 4.13. The molecule has 2 aromatic rings. The van der Waals surface area contributed by atoms with Crippen LogP contribution in [0.4, 0.5) is 0 Å². The van der Waals surface area contributed by atoms with Crippen molar-refractivity contribution in [1.82, 2.24) is 15.6 Å². The molecule has 4 nitrogen and oxygen atoms in total. The van der Waals surface area contributed by atoms with Crippen LogP contribution >= 0.6 is 12.4 Å². The second-order valence-electron chi connectivity index (χ2n) is 7.34. The Morgan fingerprint density at radius 3 is 2.79 bits per heavy atom. The number of aromatic nitrogens is 1. The summed E-state index contributed by atoms with van der Waals surface area (Å²) in [5.41, 5.74) is 5.17. The van der Waals surface area contributed by atoms with Gasteiger partial charge >= 0.3 is 0 Å². The average molecular weight is 348 g/mol. The summed E-state index contributed by atoms with van der Waals surface area (Å²) >= 11 is 0. The lowest BCUT2D eigenvalue weighted by molar-refractivity contribution is -0.123. The number of carbonyl (C=O) groups is 1. The van der Waals surface area contributed by atoms with Crippen molar-refractivity contribution < 1.29 is 4.79 Å². The van der Waals surface area contributed by atoms with E-state index in [0.29, 0.717) is 12.0 Å². The van der Waals surface area contributed by atoms with E-state index in [0.717, 1.165) is 32.4 Å². The minimum Gasteiger partial charge on any atom is -0.358 e. The minimum absolute atomic E-state index is 0. The van der Waals surface area contributed by atoms with Gasteiger partial charge in [0.1, 0.15) is 0 Å². The number of H-pyrrole nitrogens is 1. The summed E-state index contributed by atoms with van der Waals surface area (Å²) in [5, 5.41) is 7.80. The summed E-state index contributed by atoms with van der Waals surface area (Å²) in [7, 11) is 0. The Labute approximate surface area is 149 Å². The van der Waals surface area contributed by atoms with Crippen LogP contribution in [-0.2, 0) is 11.3 Å². The van der Waals surface area contributed by atoms with Crippen LogP contribution in [0.3, 0.4) is 0 Å². The molecule has 1 amide bonds. The van der Waals surface area contributed by atoms with Gasteiger partial charge in [0.2, 0.25) is 5.91 Å². The summed E-state index contributed by atoms with van der Waals surface area (Å²) in [6.45, 7) is 6.99. The number of aromatic amines is 1. The molecule has 24 heavy (non-hydrogen) atoms. The van der Waals surface area contributed by atoms with Crippen LogP contribution < -0.4 is 10.6 Å². The maximum absolute atomic E-state index is 12.4. The Balaban J connectivity index is 0.00000169. The topological polar surface area (TPSA) is 56.9 Å². The molecule has 0 radical (unpaired) electrons. The van der Waals surface area contributed by atoms with Crippen molar-refractivity contribution in [3.05, 3.63) is 35.0 Å². The van der Waals surface area contributed by atoms with Crippen molar-refractivity contribution in [2.24, 2.45) is 11.3 Å². The highest BCUT2D eigenvalue weighted by Gasteiger charge is 2.57. The van der Waals surface area contributed by atoms with Crippen molar-refractivity contribution in [2.45, 2.75) is 39.7 Å². The number of hydrogen-bond acceptors (Lipinski definition) is 2. The minimum atomic E-state index is 0. The number of benzene rings is 1. The lowest BCUT2D eigenvalue weighted by Crippen LogP contribution is -2.33. The summed E-state index contributed by atoms with van der Waals surface area (Å²) in [5.74, 6) is 0.485. The van der Waals surface area contributed by atoms with Crippen LogP contribution in [0.1, 0.15) is 36.1 Å². The zero-order valence-corrected chi connectivity index (χ0v) is 15.2. The lowest BCUT2D eigenvalue weighted by Gasteiger charge is -2.23. The summed E-state index contributed by atoms with van der Waals surface area (Å²) in [6, 6.07) is 6.41. The first-order valence-corrected chi connectivity index (χ1v) is 8.65. The second-order valence-corrected chi connectivity index (χ2v) is 7.34. The first-order chi connectivity index (χ1) is 11.1. The number of fused-ring (bicyclic) bond motifs is 1. The van der Waals surface area contributed by atoms with Gasteiger partial charge in [0.25, 0.3) is 0 Å².